The highest BCUT2D eigenvalue weighted by Gasteiger charge is 2.62. The molecule has 0 aromatic rings. The normalized spacial score (nSPS) is 48.9. The summed E-state index contributed by atoms with van der Waals surface area (Å²) in [6.07, 6.45) is 7.34. The molecule has 0 aliphatic heterocycles. The lowest BCUT2D eigenvalue weighted by atomic mass is 9.20. The van der Waals surface area contributed by atoms with Crippen molar-refractivity contribution in [1.82, 2.24) is 0 Å². The van der Waals surface area contributed by atoms with Gasteiger partial charge in [-0.1, -0.05) is 77.9 Å². The molecule has 1 heteroatoms. The zero-order valence-corrected chi connectivity index (χ0v) is 17.9. The van der Waals surface area contributed by atoms with Crippen molar-refractivity contribution in [2.24, 2.45) is 46.3 Å². The van der Waals surface area contributed by atoms with Crippen LogP contribution in [0.2, 0.25) is 18.0 Å². The molecule has 6 saturated carbocycles. The van der Waals surface area contributed by atoms with Crippen molar-refractivity contribution in [3.05, 3.63) is 12.2 Å². The highest BCUT2D eigenvalue weighted by Crippen LogP contribution is 2.69. The average Bonchev–Trinajstić information content (AvgIpc) is 2.52. The number of fused-ring (bicyclic) bond motifs is 4. The fourth-order valence-electron chi connectivity index (χ4n) is 8.53. The first-order valence-corrected chi connectivity index (χ1v) is 11.2. The molecule has 0 heterocycles. The van der Waals surface area contributed by atoms with Crippen LogP contribution in [0.1, 0.15) is 74.1 Å². The number of allylic oxidation sites excluding steroid dienone is 1. The molecule has 6 aliphatic carbocycles. The van der Waals surface area contributed by atoms with Gasteiger partial charge in [0.15, 0.2) is 6.71 Å². The molecule has 0 N–H and O–H groups in total. The Morgan fingerprint density at radius 2 is 1.24 bits per heavy atom. The van der Waals surface area contributed by atoms with E-state index in [0.29, 0.717) is 10.8 Å². The van der Waals surface area contributed by atoms with Gasteiger partial charge in [-0.3, -0.25) is 0 Å². The smallest absolute Gasteiger partial charge is 0.101 e. The maximum Gasteiger partial charge on any atom is 0.151 e. The van der Waals surface area contributed by atoms with Crippen LogP contribution >= 0.6 is 0 Å². The van der Waals surface area contributed by atoms with E-state index in [1.54, 1.807) is 0 Å². The molecular weight excluding hydrogens is 299 g/mol. The van der Waals surface area contributed by atoms with E-state index >= 15 is 0 Å². The largest absolute Gasteiger partial charge is 0.151 e. The topological polar surface area (TPSA) is 0 Å². The Balaban J connectivity index is 1.57. The minimum atomic E-state index is 0.617. The summed E-state index contributed by atoms with van der Waals surface area (Å²) in [5, 5.41) is 0. The Kier molecular flexibility index (Phi) is 4.11. The van der Waals surface area contributed by atoms with E-state index in [4.69, 9.17) is 0 Å². The highest BCUT2D eigenvalue weighted by atomic mass is 14.6. The van der Waals surface area contributed by atoms with Crippen LogP contribution in [0.25, 0.3) is 0 Å². The quantitative estimate of drug-likeness (QED) is 0.375. The van der Waals surface area contributed by atoms with Gasteiger partial charge in [-0.05, 0) is 66.1 Å². The van der Waals surface area contributed by atoms with Gasteiger partial charge in [0.2, 0.25) is 0 Å². The molecule has 0 spiro atoms. The van der Waals surface area contributed by atoms with E-state index in [1.165, 1.54) is 37.6 Å². The molecule has 0 amide bonds. The fourth-order valence-corrected chi connectivity index (χ4v) is 8.53. The van der Waals surface area contributed by atoms with E-state index in [2.05, 4.69) is 55.0 Å². The van der Waals surface area contributed by atoms with Gasteiger partial charge in [0, 0.05) is 0 Å². The lowest BCUT2D eigenvalue weighted by Crippen LogP contribution is -2.59. The van der Waals surface area contributed by atoms with Crippen LogP contribution in [0.4, 0.5) is 0 Å². The SMILES string of the molecule is C=C(C)CB([C@@H]1C[C@@H]2C[C@H]([C@H]1C)C2(C)C)[C@@H]1C[C@@H]2C[C@H]([C@H]1C)C2(C)C. The molecular formula is C24H41B. The summed E-state index contributed by atoms with van der Waals surface area (Å²) >= 11 is 0. The first kappa shape index (κ1) is 18.2. The number of hydrogen-bond donors (Lipinski definition) is 0. The van der Waals surface area contributed by atoms with Crippen LogP contribution in [0, 0.1) is 46.3 Å². The van der Waals surface area contributed by atoms with Crippen molar-refractivity contribution in [3.8, 4) is 0 Å². The van der Waals surface area contributed by atoms with Crippen molar-refractivity contribution in [3.63, 3.8) is 0 Å². The first-order chi connectivity index (χ1) is 11.5. The molecule has 6 aliphatic rings. The van der Waals surface area contributed by atoms with E-state index in [9.17, 15) is 0 Å². The van der Waals surface area contributed by atoms with Crippen LogP contribution in [0.5, 0.6) is 0 Å². The van der Waals surface area contributed by atoms with Crippen LogP contribution in [-0.4, -0.2) is 6.71 Å². The third kappa shape index (κ3) is 2.46. The van der Waals surface area contributed by atoms with E-state index < -0.39 is 0 Å². The number of rotatable bonds is 4. The second kappa shape index (κ2) is 5.65. The van der Waals surface area contributed by atoms with Crippen molar-refractivity contribution in [1.29, 1.82) is 0 Å². The van der Waals surface area contributed by atoms with Gasteiger partial charge in [-0.25, -0.2) is 0 Å². The molecule has 25 heavy (non-hydrogen) atoms. The zero-order chi connectivity index (χ0) is 18.3. The molecule has 0 saturated heterocycles. The molecule has 0 aromatic carbocycles. The van der Waals surface area contributed by atoms with Gasteiger partial charge in [-0.15, -0.1) is 6.58 Å². The van der Waals surface area contributed by atoms with Crippen LogP contribution in [0.3, 0.4) is 0 Å². The van der Waals surface area contributed by atoms with Gasteiger partial charge >= 0.3 is 0 Å². The number of hydrogen-bond acceptors (Lipinski definition) is 0. The second-order valence-electron chi connectivity index (χ2n) is 12.1. The van der Waals surface area contributed by atoms with Gasteiger partial charge < -0.3 is 0 Å². The van der Waals surface area contributed by atoms with E-state index in [-0.39, 0.29) is 0 Å². The summed E-state index contributed by atoms with van der Waals surface area (Å²) in [5.41, 5.74) is 2.67. The third-order valence-corrected chi connectivity index (χ3v) is 10.5. The van der Waals surface area contributed by atoms with E-state index in [1.807, 2.05) is 0 Å². The lowest BCUT2D eigenvalue weighted by molar-refractivity contribution is -0.107. The Morgan fingerprint density at radius 1 is 0.840 bits per heavy atom. The third-order valence-electron chi connectivity index (χ3n) is 10.5. The molecule has 140 valence electrons. The minimum Gasteiger partial charge on any atom is -0.101 e. The Hall–Kier alpha value is -0.195. The van der Waals surface area contributed by atoms with Crippen molar-refractivity contribution < 1.29 is 0 Å². The summed E-state index contributed by atoms with van der Waals surface area (Å²) in [5.74, 6) is 7.71. The molecule has 6 fully saturated rings. The van der Waals surface area contributed by atoms with Gasteiger partial charge in [0.05, 0.1) is 0 Å². The molecule has 0 nitrogen and oxygen atoms in total. The predicted octanol–water partition coefficient (Wildman–Crippen LogP) is 7.20. The Labute approximate surface area is 157 Å². The van der Waals surface area contributed by atoms with E-state index in [0.717, 1.165) is 53.9 Å². The van der Waals surface area contributed by atoms with Gasteiger partial charge in [0.1, 0.15) is 0 Å². The summed E-state index contributed by atoms with van der Waals surface area (Å²) < 4.78 is 0. The predicted molar refractivity (Wildman–Crippen MR) is 111 cm³/mol. The fraction of sp³-hybridized carbons (Fsp3) is 0.917. The molecule has 4 bridgehead atoms. The maximum absolute atomic E-state index is 4.35. The second-order valence-corrected chi connectivity index (χ2v) is 12.1. The molecule has 6 rings (SSSR count). The monoisotopic (exact) mass is 340 g/mol. The summed E-state index contributed by atoms with van der Waals surface area (Å²) in [6, 6.07) is 0. The van der Waals surface area contributed by atoms with Crippen molar-refractivity contribution in [2.75, 3.05) is 0 Å². The minimum absolute atomic E-state index is 0.617. The summed E-state index contributed by atoms with van der Waals surface area (Å²) in [7, 11) is 0. The Bertz CT molecular complexity index is 516. The van der Waals surface area contributed by atoms with Crippen molar-refractivity contribution >= 4 is 6.71 Å². The van der Waals surface area contributed by atoms with Gasteiger partial charge in [-0.2, -0.15) is 0 Å². The molecule has 0 aromatic heterocycles. The van der Waals surface area contributed by atoms with Crippen LogP contribution in [-0.2, 0) is 0 Å². The molecule has 8 atom stereocenters. The van der Waals surface area contributed by atoms with Crippen LogP contribution < -0.4 is 0 Å². The molecule has 0 unspecified atom stereocenters. The standard InChI is InChI=1S/C24H41B/c1-14(2)13-25(21-11-17-9-19(15(21)3)23(17,5)6)22-12-18-10-20(16(22)4)24(18,7)8/h15-22H,1,9-13H2,2-8H3/t15-,16-,17+,18+,19-,20-,21-,22-/m1/s1. The summed E-state index contributed by atoms with van der Waals surface area (Å²) in [4.78, 5) is 0. The average molecular weight is 340 g/mol. The Morgan fingerprint density at radius 3 is 1.52 bits per heavy atom. The molecule has 0 radical (unpaired) electrons. The van der Waals surface area contributed by atoms with Crippen molar-refractivity contribution in [2.45, 2.75) is 92.1 Å². The first-order valence-electron chi connectivity index (χ1n) is 11.2. The van der Waals surface area contributed by atoms with Crippen LogP contribution in [0.15, 0.2) is 12.2 Å². The highest BCUT2D eigenvalue weighted by molar-refractivity contribution is 6.63. The zero-order valence-electron chi connectivity index (χ0n) is 17.9. The maximum atomic E-state index is 4.35. The summed E-state index contributed by atoms with van der Waals surface area (Å²) in [6.45, 7) is 23.0. The lowest BCUT2D eigenvalue weighted by Gasteiger charge is -2.66. The van der Waals surface area contributed by atoms with Gasteiger partial charge in [0.25, 0.3) is 0 Å².